The highest BCUT2D eigenvalue weighted by atomic mass is 79.9. The van der Waals surface area contributed by atoms with Crippen molar-refractivity contribution >= 4 is 28.1 Å². The van der Waals surface area contributed by atoms with Crippen LogP contribution in [0.5, 0.6) is 11.5 Å². The molecule has 0 aliphatic rings. The third-order valence-electron chi connectivity index (χ3n) is 3.27. The molecule has 0 heterocycles. The topological polar surface area (TPSA) is 59.9 Å². The van der Waals surface area contributed by atoms with E-state index < -0.39 is 0 Å². The summed E-state index contributed by atoms with van der Waals surface area (Å²) in [5.41, 5.74) is 4.23. The number of hydrazone groups is 1. The Morgan fingerprint density at radius 3 is 2.52 bits per heavy atom. The van der Waals surface area contributed by atoms with Crippen molar-refractivity contribution < 1.29 is 14.3 Å². The van der Waals surface area contributed by atoms with Crippen molar-refractivity contribution in [2.75, 3.05) is 13.2 Å². The van der Waals surface area contributed by atoms with E-state index in [9.17, 15) is 4.79 Å². The average Bonchev–Trinajstić information content (AvgIpc) is 2.59. The van der Waals surface area contributed by atoms with E-state index in [1.807, 2.05) is 56.3 Å². The number of benzene rings is 2. The summed E-state index contributed by atoms with van der Waals surface area (Å²) in [6, 6.07) is 13.1. The lowest BCUT2D eigenvalue weighted by atomic mass is 10.1. The molecule has 0 spiro atoms. The zero-order valence-electron chi connectivity index (χ0n) is 14.3. The summed E-state index contributed by atoms with van der Waals surface area (Å²) >= 11 is 3.37. The largest absolute Gasteiger partial charge is 0.494 e. The molecule has 0 saturated heterocycles. The van der Waals surface area contributed by atoms with Crippen LogP contribution in [0.3, 0.4) is 0 Å². The summed E-state index contributed by atoms with van der Waals surface area (Å²) in [6.07, 6.45) is 1.84. The van der Waals surface area contributed by atoms with Gasteiger partial charge in [-0.15, -0.1) is 0 Å². The second kappa shape index (κ2) is 9.84. The van der Waals surface area contributed by atoms with Crippen molar-refractivity contribution in [3.8, 4) is 11.5 Å². The molecule has 0 aliphatic carbocycles. The zero-order valence-corrected chi connectivity index (χ0v) is 15.9. The molecular formula is C19H21BrN2O3. The smallest absolute Gasteiger partial charge is 0.244 e. The number of ether oxygens (including phenoxy) is 2. The molecule has 2 aromatic carbocycles. The van der Waals surface area contributed by atoms with Crippen molar-refractivity contribution in [2.24, 2.45) is 5.10 Å². The van der Waals surface area contributed by atoms with Crippen LogP contribution in [0.2, 0.25) is 0 Å². The van der Waals surface area contributed by atoms with Gasteiger partial charge in [-0.3, -0.25) is 4.79 Å². The normalized spacial score (nSPS) is 10.7. The SMILES string of the molecule is CCOc1ccc(/C=N\NC(=O)Cc2ccc(Br)cc2)c(OCC)c1. The summed E-state index contributed by atoms with van der Waals surface area (Å²) in [7, 11) is 0. The van der Waals surface area contributed by atoms with Crippen LogP contribution in [-0.4, -0.2) is 25.3 Å². The van der Waals surface area contributed by atoms with Gasteiger partial charge in [0.05, 0.1) is 25.8 Å². The number of nitrogens with one attached hydrogen (secondary N) is 1. The fraction of sp³-hybridized carbons (Fsp3) is 0.263. The van der Waals surface area contributed by atoms with Crippen molar-refractivity contribution in [1.82, 2.24) is 5.43 Å². The fourth-order valence-electron chi connectivity index (χ4n) is 2.16. The van der Waals surface area contributed by atoms with Crippen LogP contribution in [0.1, 0.15) is 25.0 Å². The molecule has 132 valence electrons. The van der Waals surface area contributed by atoms with Crippen LogP contribution in [0.15, 0.2) is 52.0 Å². The van der Waals surface area contributed by atoms with E-state index in [0.717, 1.165) is 21.3 Å². The van der Waals surface area contributed by atoms with Crippen LogP contribution in [0, 0.1) is 0 Å². The molecule has 5 nitrogen and oxygen atoms in total. The first kappa shape index (κ1) is 19.0. The Morgan fingerprint density at radius 1 is 1.12 bits per heavy atom. The van der Waals surface area contributed by atoms with Crippen LogP contribution in [0.4, 0.5) is 0 Å². The van der Waals surface area contributed by atoms with Crippen LogP contribution in [0.25, 0.3) is 0 Å². The molecule has 2 rings (SSSR count). The van der Waals surface area contributed by atoms with Gasteiger partial charge >= 0.3 is 0 Å². The maximum Gasteiger partial charge on any atom is 0.244 e. The molecule has 0 atom stereocenters. The predicted octanol–water partition coefficient (Wildman–Crippen LogP) is 3.94. The summed E-state index contributed by atoms with van der Waals surface area (Å²) in [5, 5.41) is 4.02. The lowest BCUT2D eigenvalue weighted by molar-refractivity contribution is -0.120. The van der Waals surface area contributed by atoms with Gasteiger partial charge < -0.3 is 9.47 Å². The monoisotopic (exact) mass is 404 g/mol. The number of amides is 1. The van der Waals surface area contributed by atoms with Gasteiger partial charge in [0.1, 0.15) is 11.5 Å². The predicted molar refractivity (Wildman–Crippen MR) is 102 cm³/mol. The lowest BCUT2D eigenvalue weighted by Crippen LogP contribution is -2.19. The van der Waals surface area contributed by atoms with E-state index in [1.54, 1.807) is 6.21 Å². The molecule has 25 heavy (non-hydrogen) atoms. The molecule has 0 unspecified atom stereocenters. The first-order chi connectivity index (χ1) is 12.1. The van der Waals surface area contributed by atoms with Gasteiger partial charge in [0.25, 0.3) is 0 Å². The molecule has 0 radical (unpaired) electrons. The van der Waals surface area contributed by atoms with Gasteiger partial charge in [0.15, 0.2) is 0 Å². The Morgan fingerprint density at radius 2 is 1.84 bits per heavy atom. The lowest BCUT2D eigenvalue weighted by Gasteiger charge is -2.10. The minimum absolute atomic E-state index is 0.178. The van der Waals surface area contributed by atoms with Gasteiger partial charge in [-0.25, -0.2) is 5.43 Å². The second-order valence-electron chi connectivity index (χ2n) is 5.16. The number of halogens is 1. The van der Waals surface area contributed by atoms with Crippen LogP contribution >= 0.6 is 15.9 Å². The summed E-state index contributed by atoms with van der Waals surface area (Å²) in [5.74, 6) is 1.23. The Kier molecular flexibility index (Phi) is 7.47. The Bertz CT molecular complexity index is 730. The quantitative estimate of drug-likeness (QED) is 0.535. The fourth-order valence-corrected chi connectivity index (χ4v) is 2.42. The maximum absolute atomic E-state index is 11.9. The van der Waals surface area contributed by atoms with Gasteiger partial charge in [0.2, 0.25) is 5.91 Å². The van der Waals surface area contributed by atoms with Crippen molar-refractivity contribution in [3.05, 3.63) is 58.1 Å². The second-order valence-corrected chi connectivity index (χ2v) is 6.08. The molecule has 0 aliphatic heterocycles. The zero-order chi connectivity index (χ0) is 18.1. The van der Waals surface area contributed by atoms with Gasteiger partial charge in [-0.1, -0.05) is 28.1 Å². The van der Waals surface area contributed by atoms with E-state index in [0.29, 0.717) is 19.0 Å². The number of rotatable bonds is 8. The highest BCUT2D eigenvalue weighted by Crippen LogP contribution is 2.23. The van der Waals surface area contributed by atoms with E-state index in [1.165, 1.54) is 0 Å². The molecule has 0 fully saturated rings. The molecule has 2 aromatic rings. The van der Waals surface area contributed by atoms with E-state index in [2.05, 4.69) is 26.5 Å². The standard InChI is InChI=1S/C19H21BrN2O3/c1-3-24-17-10-7-15(18(12-17)25-4-2)13-21-22-19(23)11-14-5-8-16(20)9-6-14/h5-10,12-13H,3-4,11H2,1-2H3,(H,22,23)/b21-13-. The molecule has 0 saturated carbocycles. The summed E-state index contributed by atoms with van der Waals surface area (Å²) < 4.78 is 12.0. The molecular weight excluding hydrogens is 384 g/mol. The highest BCUT2D eigenvalue weighted by Gasteiger charge is 2.05. The first-order valence-electron chi connectivity index (χ1n) is 8.08. The summed E-state index contributed by atoms with van der Waals surface area (Å²) in [6.45, 7) is 4.96. The number of carbonyl (C=O) groups is 1. The number of hydrogen-bond acceptors (Lipinski definition) is 4. The third-order valence-corrected chi connectivity index (χ3v) is 3.80. The summed E-state index contributed by atoms with van der Waals surface area (Å²) in [4.78, 5) is 11.9. The van der Waals surface area contributed by atoms with E-state index in [4.69, 9.17) is 9.47 Å². The van der Waals surface area contributed by atoms with Gasteiger partial charge in [-0.05, 0) is 43.7 Å². The van der Waals surface area contributed by atoms with E-state index >= 15 is 0 Å². The maximum atomic E-state index is 11.9. The van der Waals surface area contributed by atoms with Gasteiger partial charge in [0, 0.05) is 16.1 Å². The van der Waals surface area contributed by atoms with Crippen molar-refractivity contribution in [1.29, 1.82) is 0 Å². The Hall–Kier alpha value is -2.34. The number of carbonyl (C=O) groups excluding carboxylic acids is 1. The number of hydrogen-bond donors (Lipinski definition) is 1. The minimum Gasteiger partial charge on any atom is -0.494 e. The van der Waals surface area contributed by atoms with Crippen LogP contribution in [-0.2, 0) is 11.2 Å². The van der Waals surface area contributed by atoms with Crippen molar-refractivity contribution in [3.63, 3.8) is 0 Å². The molecule has 6 heteroatoms. The third kappa shape index (κ3) is 6.23. The van der Waals surface area contributed by atoms with Crippen LogP contribution < -0.4 is 14.9 Å². The first-order valence-corrected chi connectivity index (χ1v) is 8.87. The highest BCUT2D eigenvalue weighted by molar-refractivity contribution is 9.10. The average molecular weight is 405 g/mol. The Balaban J connectivity index is 1.98. The number of nitrogens with zero attached hydrogens (tertiary/aromatic N) is 1. The molecule has 1 N–H and O–H groups in total. The molecule has 0 aromatic heterocycles. The molecule has 0 bridgehead atoms. The van der Waals surface area contributed by atoms with Crippen molar-refractivity contribution in [2.45, 2.75) is 20.3 Å². The van der Waals surface area contributed by atoms with E-state index in [-0.39, 0.29) is 12.3 Å². The Labute approximate surface area is 156 Å². The van der Waals surface area contributed by atoms with Gasteiger partial charge in [-0.2, -0.15) is 5.10 Å². The molecule has 1 amide bonds. The minimum atomic E-state index is -0.178.